The normalized spacial score (nSPS) is 24.0. The average Bonchev–Trinajstić information content (AvgIpc) is 2.70. The monoisotopic (exact) mass is 390 g/mol. The zero-order valence-corrected chi connectivity index (χ0v) is 15.9. The van der Waals surface area contributed by atoms with E-state index in [1.165, 1.54) is 0 Å². The molecule has 136 valence electrons. The Labute approximate surface area is 158 Å². The van der Waals surface area contributed by atoms with Crippen molar-refractivity contribution in [1.82, 2.24) is 4.67 Å². The number of hydrogen-bond donors (Lipinski definition) is 0. The third-order valence-corrected chi connectivity index (χ3v) is 7.31. The van der Waals surface area contributed by atoms with E-state index in [1.807, 2.05) is 57.9 Å². The van der Waals surface area contributed by atoms with E-state index in [9.17, 15) is 4.57 Å². The first-order chi connectivity index (χ1) is 12.7. The Hall–Kier alpha value is -1.78. The predicted molar refractivity (Wildman–Crippen MR) is 104 cm³/mol. The molecule has 0 bridgehead atoms. The van der Waals surface area contributed by atoms with Crippen molar-refractivity contribution in [1.29, 1.82) is 0 Å². The van der Waals surface area contributed by atoms with Gasteiger partial charge in [-0.2, -0.15) is 4.67 Å². The first-order valence-electron chi connectivity index (χ1n) is 8.59. The molecule has 2 heterocycles. The van der Waals surface area contributed by atoms with Crippen LogP contribution in [0.3, 0.4) is 0 Å². The van der Waals surface area contributed by atoms with Gasteiger partial charge in [0.15, 0.2) is 0 Å². The first kappa shape index (κ1) is 17.6. The van der Waals surface area contributed by atoms with Crippen molar-refractivity contribution >= 4 is 30.7 Å². The van der Waals surface area contributed by atoms with Crippen molar-refractivity contribution in [2.24, 2.45) is 0 Å². The maximum absolute atomic E-state index is 14.1. The van der Waals surface area contributed by atoms with E-state index in [-0.39, 0.29) is 0 Å². The van der Waals surface area contributed by atoms with E-state index < -0.39 is 7.67 Å². The number of rotatable bonds is 3. The molecule has 7 heteroatoms. The van der Waals surface area contributed by atoms with Gasteiger partial charge < -0.3 is 9.26 Å². The van der Waals surface area contributed by atoms with Crippen molar-refractivity contribution in [3.05, 3.63) is 71.3 Å². The molecule has 0 amide bonds. The van der Waals surface area contributed by atoms with Gasteiger partial charge in [-0.25, -0.2) is 4.57 Å². The van der Waals surface area contributed by atoms with E-state index in [4.69, 9.17) is 20.9 Å². The molecule has 4 rings (SSSR count). The van der Waals surface area contributed by atoms with Gasteiger partial charge in [0, 0.05) is 29.4 Å². The number of benzene rings is 2. The summed E-state index contributed by atoms with van der Waals surface area (Å²) in [4.78, 5) is 0. The molecule has 2 aromatic carbocycles. The fraction of sp³-hybridized carbons (Fsp3) is 0.263. The van der Waals surface area contributed by atoms with Crippen molar-refractivity contribution in [2.75, 3.05) is 37.5 Å². The van der Waals surface area contributed by atoms with Crippen LogP contribution in [0.2, 0.25) is 5.02 Å². The lowest BCUT2D eigenvalue weighted by molar-refractivity contribution is 0.0672. The minimum absolute atomic E-state index is 0.500. The number of anilines is 1. The van der Waals surface area contributed by atoms with Crippen molar-refractivity contribution in [3.63, 3.8) is 0 Å². The molecule has 1 unspecified atom stereocenters. The van der Waals surface area contributed by atoms with E-state index >= 15 is 0 Å². The fourth-order valence-electron chi connectivity index (χ4n) is 3.14. The van der Waals surface area contributed by atoms with E-state index in [0.29, 0.717) is 43.6 Å². The molecule has 0 aromatic heterocycles. The predicted octanol–water partition coefficient (Wildman–Crippen LogP) is 4.66. The van der Waals surface area contributed by atoms with Crippen molar-refractivity contribution in [3.8, 4) is 0 Å². The Morgan fingerprint density at radius 2 is 1.65 bits per heavy atom. The topological polar surface area (TPSA) is 42.0 Å². The number of ether oxygens (including phenoxy) is 1. The van der Waals surface area contributed by atoms with Gasteiger partial charge in [0.05, 0.1) is 19.8 Å². The molecular weight excluding hydrogens is 371 g/mol. The zero-order chi connectivity index (χ0) is 18.0. The number of nitrogens with zero attached hydrogens (tertiary/aromatic N) is 2. The third kappa shape index (κ3) is 3.40. The maximum Gasteiger partial charge on any atom is 0.422 e. The Morgan fingerprint density at radius 1 is 0.962 bits per heavy atom. The Morgan fingerprint density at radius 3 is 2.35 bits per heavy atom. The van der Waals surface area contributed by atoms with Gasteiger partial charge in [-0.15, -0.1) is 0 Å². The number of halogens is 1. The quantitative estimate of drug-likeness (QED) is 0.713. The summed E-state index contributed by atoms with van der Waals surface area (Å²) >= 11 is 6.02. The maximum atomic E-state index is 14.1. The highest BCUT2D eigenvalue weighted by atomic mass is 35.5. The van der Waals surface area contributed by atoms with E-state index in [0.717, 1.165) is 11.3 Å². The van der Waals surface area contributed by atoms with Gasteiger partial charge in [0.1, 0.15) is 5.76 Å². The lowest BCUT2D eigenvalue weighted by atomic mass is 10.2. The van der Waals surface area contributed by atoms with Gasteiger partial charge in [-0.1, -0.05) is 41.9 Å². The fourth-order valence-corrected chi connectivity index (χ4v) is 5.61. The van der Waals surface area contributed by atoms with Gasteiger partial charge in [-0.05, 0) is 30.3 Å². The van der Waals surface area contributed by atoms with Gasteiger partial charge in [-0.3, -0.25) is 4.67 Å². The summed E-state index contributed by atoms with van der Waals surface area (Å²) in [6.07, 6.45) is 1.97. The molecule has 2 aliphatic rings. The van der Waals surface area contributed by atoms with Crippen LogP contribution >= 0.6 is 19.3 Å². The van der Waals surface area contributed by atoms with Crippen LogP contribution < -0.4 is 4.67 Å². The van der Waals surface area contributed by atoms with Crippen LogP contribution in [0.5, 0.6) is 0 Å². The molecule has 2 aromatic rings. The molecule has 1 saturated heterocycles. The van der Waals surface area contributed by atoms with Crippen LogP contribution in [0.1, 0.15) is 5.56 Å². The van der Waals surface area contributed by atoms with Crippen LogP contribution in [-0.2, 0) is 13.8 Å². The van der Waals surface area contributed by atoms with Crippen molar-refractivity contribution < 1.29 is 13.8 Å². The summed E-state index contributed by atoms with van der Waals surface area (Å²) in [7, 11) is -3.28. The average molecular weight is 391 g/mol. The highest BCUT2D eigenvalue weighted by Crippen LogP contribution is 2.60. The second-order valence-corrected chi connectivity index (χ2v) is 8.79. The second kappa shape index (κ2) is 7.45. The molecule has 0 aliphatic carbocycles. The smallest absolute Gasteiger partial charge is 0.417 e. The van der Waals surface area contributed by atoms with E-state index in [1.54, 1.807) is 12.1 Å². The summed E-state index contributed by atoms with van der Waals surface area (Å²) in [5.74, 6) is 0.658. The largest absolute Gasteiger partial charge is 0.422 e. The number of hydrogen-bond acceptors (Lipinski definition) is 3. The highest BCUT2D eigenvalue weighted by molar-refractivity contribution is 7.58. The molecule has 5 nitrogen and oxygen atoms in total. The molecular formula is C19H20ClN2O3P. The Kier molecular flexibility index (Phi) is 5.05. The third-order valence-electron chi connectivity index (χ3n) is 4.50. The lowest BCUT2D eigenvalue weighted by Crippen LogP contribution is -2.41. The molecule has 0 N–H and O–H groups in total. The minimum Gasteiger partial charge on any atom is -0.417 e. The zero-order valence-electron chi connectivity index (χ0n) is 14.3. The van der Waals surface area contributed by atoms with Gasteiger partial charge >= 0.3 is 7.67 Å². The van der Waals surface area contributed by atoms with Crippen LogP contribution in [-0.4, -0.2) is 37.5 Å². The minimum atomic E-state index is -3.28. The summed E-state index contributed by atoms with van der Waals surface area (Å²) in [5, 5.41) is 0.647. The summed E-state index contributed by atoms with van der Waals surface area (Å²) in [6, 6.07) is 17.1. The molecule has 0 radical (unpaired) electrons. The van der Waals surface area contributed by atoms with Crippen LogP contribution in [0.25, 0.3) is 5.76 Å². The summed E-state index contributed by atoms with van der Waals surface area (Å²) < 4.78 is 29.4. The molecule has 1 atom stereocenters. The van der Waals surface area contributed by atoms with Crippen LogP contribution in [0.4, 0.5) is 5.69 Å². The molecule has 1 fully saturated rings. The highest BCUT2D eigenvalue weighted by Gasteiger charge is 2.43. The summed E-state index contributed by atoms with van der Waals surface area (Å²) in [5.41, 5.74) is 1.75. The molecule has 2 aliphatic heterocycles. The van der Waals surface area contributed by atoms with Gasteiger partial charge in [0.2, 0.25) is 0 Å². The molecule has 0 saturated carbocycles. The standard InChI is InChI=1S/C19H20ClN2O3P/c20-17-6-8-18(9-7-17)22-11-10-19(16-4-2-1-3-5-16)25-26(22,23)21-12-14-24-15-13-21/h1-10H,11-15H2. The van der Waals surface area contributed by atoms with Crippen LogP contribution in [0, 0.1) is 0 Å². The van der Waals surface area contributed by atoms with Gasteiger partial charge in [0.25, 0.3) is 0 Å². The Balaban J connectivity index is 1.72. The van der Waals surface area contributed by atoms with Crippen LogP contribution in [0.15, 0.2) is 60.7 Å². The lowest BCUT2D eigenvalue weighted by Gasteiger charge is -2.42. The molecule has 26 heavy (non-hydrogen) atoms. The van der Waals surface area contributed by atoms with Crippen molar-refractivity contribution in [2.45, 2.75) is 0 Å². The Bertz CT molecular complexity index is 836. The first-order valence-corrected chi connectivity index (χ1v) is 10.5. The SMILES string of the molecule is O=P1(N2CCOCC2)OC(c2ccccc2)=CCN1c1ccc(Cl)cc1. The molecule has 0 spiro atoms. The second-order valence-electron chi connectivity index (χ2n) is 6.14. The van der Waals surface area contributed by atoms with E-state index in [2.05, 4.69) is 0 Å². The number of morpholine rings is 1. The summed E-state index contributed by atoms with van der Waals surface area (Å²) in [6.45, 7) is 2.74.